The molecule has 0 unspecified atom stereocenters. The van der Waals surface area contributed by atoms with Crippen LogP contribution in [0.4, 0.5) is 0 Å². The number of hydrogen-bond donors (Lipinski definition) is 0. The van der Waals surface area contributed by atoms with Crippen LogP contribution < -0.4 is 4.57 Å². The van der Waals surface area contributed by atoms with Crippen molar-refractivity contribution >= 4 is 81.4 Å². The first kappa shape index (κ1) is 25.4. The summed E-state index contributed by atoms with van der Waals surface area (Å²) in [6.07, 6.45) is 2.13. The largest absolute Gasteiger partial charge is 0.308 e. The van der Waals surface area contributed by atoms with Gasteiger partial charge in [-0.05, 0) is 64.4 Å². The van der Waals surface area contributed by atoms with Gasteiger partial charge in [0, 0.05) is 38.4 Å². The molecule has 3 heteroatoms. The SMILES string of the molecule is Cc1cccc2c3cc4c(cc3n(-c3cccc[n+]3C)c12)c1ccccc1c1ccccc1c1cccc2c3ccccc3n4c12. The van der Waals surface area contributed by atoms with Crippen LogP contribution in [0.5, 0.6) is 0 Å². The molecule has 0 aliphatic heterocycles. The van der Waals surface area contributed by atoms with E-state index in [0.29, 0.717) is 0 Å². The Labute approximate surface area is 265 Å². The smallest absolute Gasteiger partial charge is 0.286 e. The highest BCUT2D eigenvalue weighted by molar-refractivity contribution is 6.26. The first-order chi connectivity index (χ1) is 22.7. The van der Waals surface area contributed by atoms with Crippen molar-refractivity contribution in [1.29, 1.82) is 0 Å². The molecule has 0 radical (unpaired) electrons. The van der Waals surface area contributed by atoms with Gasteiger partial charge in [0.15, 0.2) is 0 Å². The fourth-order valence-electron chi connectivity index (χ4n) is 8.05. The van der Waals surface area contributed by atoms with Crippen molar-refractivity contribution in [2.24, 2.45) is 7.05 Å². The van der Waals surface area contributed by atoms with Gasteiger partial charge in [-0.2, -0.15) is 4.57 Å². The molecule has 0 aliphatic rings. The van der Waals surface area contributed by atoms with Crippen LogP contribution in [-0.2, 0) is 7.05 Å². The van der Waals surface area contributed by atoms with E-state index < -0.39 is 0 Å². The zero-order valence-corrected chi connectivity index (χ0v) is 25.7. The zero-order valence-electron chi connectivity index (χ0n) is 25.7. The lowest BCUT2D eigenvalue weighted by Crippen LogP contribution is -2.33. The Morgan fingerprint density at radius 3 is 1.63 bits per heavy atom. The highest BCUT2D eigenvalue weighted by Crippen LogP contribution is 2.41. The zero-order chi connectivity index (χ0) is 30.5. The van der Waals surface area contributed by atoms with Crippen LogP contribution in [-0.4, -0.2) is 8.97 Å². The predicted molar refractivity (Wildman–Crippen MR) is 194 cm³/mol. The number of aromatic nitrogens is 3. The third-order valence-corrected chi connectivity index (χ3v) is 10.0. The van der Waals surface area contributed by atoms with Crippen molar-refractivity contribution in [3.8, 4) is 5.82 Å². The monoisotopic (exact) mass is 588 g/mol. The third-order valence-electron chi connectivity index (χ3n) is 10.0. The molecule has 4 aromatic heterocycles. The van der Waals surface area contributed by atoms with Crippen molar-refractivity contribution in [3.63, 3.8) is 0 Å². The maximum atomic E-state index is 2.54. The molecular weight excluding hydrogens is 558 g/mol. The van der Waals surface area contributed by atoms with E-state index in [-0.39, 0.29) is 0 Å². The van der Waals surface area contributed by atoms with E-state index >= 15 is 0 Å². The fraction of sp³-hybridized carbons (Fsp3) is 0.0465. The molecule has 0 atom stereocenters. The number of aryl methyl sites for hydroxylation is 2. The van der Waals surface area contributed by atoms with Crippen LogP contribution in [0.15, 0.2) is 146 Å². The average molecular weight is 589 g/mol. The maximum absolute atomic E-state index is 2.54. The molecule has 0 spiro atoms. The van der Waals surface area contributed by atoms with Gasteiger partial charge in [-0.15, -0.1) is 0 Å². The minimum Gasteiger partial charge on any atom is -0.308 e. The summed E-state index contributed by atoms with van der Waals surface area (Å²) in [6.45, 7) is 2.23. The van der Waals surface area contributed by atoms with E-state index in [1.807, 2.05) is 0 Å². The summed E-state index contributed by atoms with van der Waals surface area (Å²) in [6, 6.07) is 51.6. The number of nitrogens with zero attached hydrogens (tertiary/aromatic N) is 3. The number of rotatable bonds is 1. The van der Waals surface area contributed by atoms with Crippen molar-refractivity contribution in [2.45, 2.75) is 6.92 Å². The van der Waals surface area contributed by atoms with Gasteiger partial charge in [0.2, 0.25) is 0 Å². The topological polar surface area (TPSA) is 13.2 Å². The highest BCUT2D eigenvalue weighted by atomic mass is 15.1. The van der Waals surface area contributed by atoms with E-state index in [1.165, 1.54) is 87.0 Å². The fourth-order valence-corrected chi connectivity index (χ4v) is 8.05. The van der Waals surface area contributed by atoms with Gasteiger partial charge in [0.05, 0.1) is 29.8 Å². The molecular formula is C43H30N3+. The molecule has 0 fully saturated rings. The number of para-hydroxylation sites is 3. The minimum atomic E-state index is 1.14. The summed E-state index contributed by atoms with van der Waals surface area (Å²) in [5.41, 5.74) is 7.37. The molecule has 0 amide bonds. The van der Waals surface area contributed by atoms with Gasteiger partial charge in [-0.25, -0.2) is 4.57 Å². The van der Waals surface area contributed by atoms with Gasteiger partial charge in [-0.1, -0.05) is 103 Å². The second kappa shape index (κ2) is 9.29. The molecule has 10 aromatic rings. The van der Waals surface area contributed by atoms with E-state index in [4.69, 9.17) is 0 Å². The molecule has 0 saturated heterocycles. The average Bonchev–Trinajstić information content (AvgIpc) is 3.62. The van der Waals surface area contributed by atoms with Crippen LogP contribution in [0.2, 0.25) is 0 Å². The summed E-state index contributed by atoms with van der Waals surface area (Å²) in [5, 5.41) is 12.5. The summed E-state index contributed by atoms with van der Waals surface area (Å²) in [5.74, 6) is 1.14. The Morgan fingerprint density at radius 1 is 0.413 bits per heavy atom. The standard InChI is InChI=1S/C43H30N3/c1-27-13-11-19-35-37-26-39-36(25-40(37)46(42(27)35)41-23-9-10-24-44(41)2)31-17-6-4-15-29(31)28-14-3-5-16-30(28)33-20-12-21-34-32-18-7-8-22-38(32)45(39)43(33)34/h3-26H,1-2H3/q+1. The summed E-state index contributed by atoms with van der Waals surface area (Å²) in [4.78, 5) is 0. The van der Waals surface area contributed by atoms with E-state index in [9.17, 15) is 0 Å². The Hall–Kier alpha value is -5.93. The lowest BCUT2D eigenvalue weighted by atomic mass is 10.00. The predicted octanol–water partition coefficient (Wildman–Crippen LogP) is 10.5. The van der Waals surface area contributed by atoms with E-state index in [1.54, 1.807) is 0 Å². The van der Waals surface area contributed by atoms with Gasteiger partial charge in [-0.3, -0.25) is 0 Å². The van der Waals surface area contributed by atoms with Crippen LogP contribution >= 0.6 is 0 Å². The van der Waals surface area contributed by atoms with Gasteiger partial charge in [0.25, 0.3) is 5.82 Å². The second-order valence-electron chi connectivity index (χ2n) is 12.5. The third kappa shape index (κ3) is 3.29. The lowest BCUT2D eigenvalue weighted by molar-refractivity contribution is -0.665. The highest BCUT2D eigenvalue weighted by Gasteiger charge is 2.24. The Bertz CT molecular complexity index is 2940. The van der Waals surface area contributed by atoms with Crippen LogP contribution in [0.25, 0.3) is 87.3 Å². The molecule has 0 aliphatic carbocycles. The summed E-state index contributed by atoms with van der Waals surface area (Å²) >= 11 is 0. The summed E-state index contributed by atoms with van der Waals surface area (Å²) < 4.78 is 7.21. The van der Waals surface area contributed by atoms with Crippen molar-refractivity contribution in [2.75, 3.05) is 0 Å². The van der Waals surface area contributed by atoms with Gasteiger partial charge in [0.1, 0.15) is 11.0 Å². The molecule has 0 bridgehead atoms. The molecule has 216 valence electrons. The van der Waals surface area contributed by atoms with Crippen molar-refractivity contribution in [1.82, 2.24) is 8.97 Å². The molecule has 6 aromatic carbocycles. The number of hydrogen-bond acceptors (Lipinski definition) is 0. The maximum Gasteiger partial charge on any atom is 0.286 e. The summed E-state index contributed by atoms with van der Waals surface area (Å²) in [7, 11) is 2.13. The first-order valence-corrected chi connectivity index (χ1v) is 15.9. The second-order valence-corrected chi connectivity index (χ2v) is 12.5. The minimum absolute atomic E-state index is 1.14. The molecule has 0 saturated carbocycles. The number of benzene rings is 6. The Balaban J connectivity index is 1.61. The van der Waals surface area contributed by atoms with Crippen LogP contribution in [0.1, 0.15) is 5.56 Å². The van der Waals surface area contributed by atoms with E-state index in [0.717, 1.165) is 5.82 Å². The van der Waals surface area contributed by atoms with Crippen LogP contribution in [0, 0.1) is 6.92 Å². The van der Waals surface area contributed by atoms with Gasteiger partial charge < -0.3 is 4.40 Å². The first-order valence-electron chi connectivity index (χ1n) is 15.9. The van der Waals surface area contributed by atoms with Crippen LogP contribution in [0.3, 0.4) is 0 Å². The van der Waals surface area contributed by atoms with E-state index in [2.05, 4.69) is 173 Å². The molecule has 46 heavy (non-hydrogen) atoms. The lowest BCUT2D eigenvalue weighted by Gasteiger charge is -2.07. The number of fused-ring (bicyclic) bond motifs is 13. The van der Waals surface area contributed by atoms with Gasteiger partial charge >= 0.3 is 0 Å². The molecule has 0 N–H and O–H groups in total. The Morgan fingerprint density at radius 2 is 0.913 bits per heavy atom. The molecule has 10 rings (SSSR count). The number of pyridine rings is 1. The normalized spacial score (nSPS) is 12.1. The van der Waals surface area contributed by atoms with Crippen molar-refractivity contribution < 1.29 is 4.57 Å². The quantitative estimate of drug-likeness (QED) is 0.169. The van der Waals surface area contributed by atoms with Crippen molar-refractivity contribution in [3.05, 3.63) is 151 Å². The molecule has 3 nitrogen and oxygen atoms in total. The Kier molecular flexibility index (Phi) is 5.13. The molecule has 4 heterocycles.